The van der Waals surface area contributed by atoms with Crippen molar-refractivity contribution in [2.24, 2.45) is 0 Å². The van der Waals surface area contributed by atoms with Crippen molar-refractivity contribution in [2.45, 2.75) is 19.8 Å². The average Bonchev–Trinajstić information content (AvgIpc) is 3.05. The summed E-state index contributed by atoms with van der Waals surface area (Å²) in [6, 6.07) is 15.7. The lowest BCUT2D eigenvalue weighted by Crippen LogP contribution is -2.10. The predicted molar refractivity (Wildman–Crippen MR) is 100 cm³/mol. The SMILES string of the molecule is CCOP(=O)(CC(c1ccc(F)cc1)c1cc2ccccc2o1)OCC. The maximum atomic E-state index is 13.4. The Morgan fingerprint density at radius 2 is 1.69 bits per heavy atom. The normalized spacial score (nSPS) is 13.2. The Bertz CT molecular complexity index is 861. The van der Waals surface area contributed by atoms with Gasteiger partial charge in [-0.25, -0.2) is 4.39 Å². The topological polar surface area (TPSA) is 48.7 Å². The summed E-state index contributed by atoms with van der Waals surface area (Å²) in [6.07, 6.45) is 0.125. The molecule has 2 aromatic carbocycles. The second-order valence-electron chi connectivity index (χ2n) is 5.92. The fourth-order valence-electron chi connectivity index (χ4n) is 2.99. The van der Waals surface area contributed by atoms with Crippen molar-refractivity contribution in [3.63, 3.8) is 0 Å². The van der Waals surface area contributed by atoms with E-state index in [-0.39, 0.29) is 31.1 Å². The van der Waals surface area contributed by atoms with Gasteiger partial charge < -0.3 is 13.5 Å². The summed E-state index contributed by atoms with van der Waals surface area (Å²) in [5.41, 5.74) is 1.54. The van der Waals surface area contributed by atoms with Crippen molar-refractivity contribution < 1.29 is 22.4 Å². The van der Waals surface area contributed by atoms with Gasteiger partial charge in [-0.3, -0.25) is 4.57 Å². The van der Waals surface area contributed by atoms with Gasteiger partial charge >= 0.3 is 7.60 Å². The van der Waals surface area contributed by atoms with Crippen molar-refractivity contribution in [1.29, 1.82) is 0 Å². The van der Waals surface area contributed by atoms with Crippen LogP contribution in [0.3, 0.4) is 0 Å². The number of halogens is 1. The van der Waals surface area contributed by atoms with Crippen LogP contribution in [0.2, 0.25) is 0 Å². The molecule has 3 rings (SSSR count). The molecule has 1 atom stereocenters. The van der Waals surface area contributed by atoms with E-state index < -0.39 is 7.60 Å². The van der Waals surface area contributed by atoms with Crippen LogP contribution in [0.1, 0.15) is 31.1 Å². The van der Waals surface area contributed by atoms with Crippen molar-refractivity contribution >= 4 is 18.6 Å². The number of rotatable bonds is 8. The summed E-state index contributed by atoms with van der Waals surface area (Å²) >= 11 is 0. The van der Waals surface area contributed by atoms with Crippen LogP contribution in [0.4, 0.5) is 4.39 Å². The molecule has 26 heavy (non-hydrogen) atoms. The van der Waals surface area contributed by atoms with Crippen LogP contribution in [0.25, 0.3) is 11.0 Å². The van der Waals surface area contributed by atoms with E-state index in [9.17, 15) is 8.96 Å². The Labute approximate surface area is 152 Å². The molecule has 0 aliphatic rings. The first-order valence-electron chi connectivity index (χ1n) is 8.66. The second-order valence-corrected chi connectivity index (χ2v) is 8.02. The highest BCUT2D eigenvalue weighted by Crippen LogP contribution is 2.52. The molecule has 138 valence electrons. The number of hydrogen-bond acceptors (Lipinski definition) is 4. The standard InChI is InChI=1S/C20H22FO4P/c1-3-23-26(22,24-4-2)14-18(15-9-11-17(21)12-10-15)20-13-16-7-5-6-8-19(16)25-20/h5-13,18H,3-4,14H2,1-2H3. The molecule has 4 nitrogen and oxygen atoms in total. The molecular weight excluding hydrogens is 354 g/mol. The smallest absolute Gasteiger partial charge is 0.331 e. The highest BCUT2D eigenvalue weighted by molar-refractivity contribution is 7.53. The zero-order valence-corrected chi connectivity index (χ0v) is 15.7. The van der Waals surface area contributed by atoms with Gasteiger partial charge in [0.15, 0.2) is 0 Å². The van der Waals surface area contributed by atoms with Crippen LogP contribution in [0.15, 0.2) is 59.0 Å². The van der Waals surface area contributed by atoms with E-state index >= 15 is 0 Å². The first-order chi connectivity index (χ1) is 12.5. The maximum Gasteiger partial charge on any atom is 0.331 e. The molecule has 0 N–H and O–H groups in total. The van der Waals surface area contributed by atoms with Gasteiger partial charge in [0.05, 0.1) is 25.3 Å². The van der Waals surface area contributed by atoms with E-state index in [1.54, 1.807) is 26.0 Å². The Morgan fingerprint density at radius 1 is 1.04 bits per heavy atom. The molecule has 0 amide bonds. The van der Waals surface area contributed by atoms with Crippen LogP contribution in [-0.2, 0) is 13.6 Å². The molecule has 0 radical (unpaired) electrons. The van der Waals surface area contributed by atoms with Crippen molar-refractivity contribution in [2.75, 3.05) is 19.4 Å². The van der Waals surface area contributed by atoms with E-state index in [0.29, 0.717) is 5.76 Å². The highest BCUT2D eigenvalue weighted by atomic mass is 31.2. The van der Waals surface area contributed by atoms with E-state index in [0.717, 1.165) is 16.5 Å². The molecule has 0 bridgehead atoms. The van der Waals surface area contributed by atoms with Gasteiger partial charge in [0.2, 0.25) is 0 Å². The van der Waals surface area contributed by atoms with E-state index in [1.165, 1.54) is 12.1 Å². The Balaban J connectivity index is 2.03. The molecule has 0 spiro atoms. The number of fused-ring (bicyclic) bond motifs is 1. The van der Waals surface area contributed by atoms with Gasteiger partial charge in [0, 0.05) is 5.39 Å². The minimum absolute atomic E-state index is 0.125. The molecule has 0 fully saturated rings. The average molecular weight is 376 g/mol. The van der Waals surface area contributed by atoms with Crippen LogP contribution in [0.5, 0.6) is 0 Å². The highest BCUT2D eigenvalue weighted by Gasteiger charge is 2.32. The first-order valence-corrected chi connectivity index (χ1v) is 10.4. The fraction of sp³-hybridized carbons (Fsp3) is 0.300. The van der Waals surface area contributed by atoms with Crippen LogP contribution < -0.4 is 0 Å². The Morgan fingerprint density at radius 3 is 2.31 bits per heavy atom. The molecule has 6 heteroatoms. The van der Waals surface area contributed by atoms with Crippen molar-refractivity contribution in [3.8, 4) is 0 Å². The van der Waals surface area contributed by atoms with Gasteiger partial charge in [-0.2, -0.15) is 0 Å². The van der Waals surface area contributed by atoms with Gasteiger partial charge in [-0.15, -0.1) is 0 Å². The van der Waals surface area contributed by atoms with Gasteiger partial charge in [0.25, 0.3) is 0 Å². The monoisotopic (exact) mass is 376 g/mol. The number of para-hydroxylation sites is 1. The number of furan rings is 1. The molecule has 0 aliphatic heterocycles. The predicted octanol–water partition coefficient (Wildman–Crippen LogP) is 5.97. The molecule has 0 saturated heterocycles. The third-order valence-corrected chi connectivity index (χ3v) is 6.23. The van der Waals surface area contributed by atoms with Gasteiger partial charge in [0.1, 0.15) is 17.2 Å². The van der Waals surface area contributed by atoms with E-state index in [1.807, 2.05) is 30.3 Å². The van der Waals surface area contributed by atoms with Gasteiger partial charge in [-0.1, -0.05) is 30.3 Å². The third kappa shape index (κ3) is 4.24. The van der Waals surface area contributed by atoms with Crippen LogP contribution in [0, 0.1) is 5.82 Å². The van der Waals surface area contributed by atoms with Crippen molar-refractivity contribution in [3.05, 3.63) is 71.7 Å². The molecule has 0 saturated carbocycles. The minimum Gasteiger partial charge on any atom is -0.460 e. The first kappa shape index (κ1) is 18.8. The molecule has 3 aromatic rings. The molecule has 0 aliphatic carbocycles. The molecule has 1 heterocycles. The summed E-state index contributed by atoms with van der Waals surface area (Å²) in [5, 5.41) is 0.956. The number of benzene rings is 2. The Hall–Kier alpha value is -1.94. The lowest BCUT2D eigenvalue weighted by Gasteiger charge is -2.22. The van der Waals surface area contributed by atoms with E-state index in [4.69, 9.17) is 13.5 Å². The maximum absolute atomic E-state index is 13.4. The lowest BCUT2D eigenvalue weighted by atomic mass is 9.98. The summed E-state index contributed by atoms with van der Waals surface area (Å²) in [4.78, 5) is 0. The summed E-state index contributed by atoms with van der Waals surface area (Å²) in [7, 11) is -3.32. The van der Waals surface area contributed by atoms with Crippen molar-refractivity contribution in [1.82, 2.24) is 0 Å². The molecular formula is C20H22FO4P. The fourth-order valence-corrected chi connectivity index (χ4v) is 4.90. The summed E-state index contributed by atoms with van der Waals surface area (Å²) in [6.45, 7) is 4.13. The summed E-state index contributed by atoms with van der Waals surface area (Å²) < 4.78 is 43.4. The second kappa shape index (κ2) is 8.17. The quantitative estimate of drug-likeness (QED) is 0.455. The lowest BCUT2D eigenvalue weighted by molar-refractivity contribution is 0.218. The zero-order chi connectivity index (χ0) is 18.6. The summed E-state index contributed by atoms with van der Waals surface area (Å²) in [5.74, 6) is -0.0423. The largest absolute Gasteiger partial charge is 0.460 e. The molecule has 1 unspecified atom stereocenters. The molecule has 1 aromatic heterocycles. The van der Waals surface area contributed by atoms with Crippen LogP contribution >= 0.6 is 7.60 Å². The third-order valence-electron chi connectivity index (χ3n) is 4.12. The minimum atomic E-state index is -3.32. The zero-order valence-electron chi connectivity index (χ0n) is 14.9. The van der Waals surface area contributed by atoms with Gasteiger partial charge in [-0.05, 0) is 43.7 Å². The van der Waals surface area contributed by atoms with Crippen LogP contribution in [-0.4, -0.2) is 19.4 Å². The van der Waals surface area contributed by atoms with E-state index in [2.05, 4.69) is 0 Å². The Kier molecular flexibility index (Phi) is 5.92. The number of hydrogen-bond donors (Lipinski definition) is 0.